The van der Waals surface area contributed by atoms with Gasteiger partial charge in [-0.1, -0.05) is 6.42 Å². The zero-order valence-corrected chi connectivity index (χ0v) is 9.71. The van der Waals surface area contributed by atoms with Crippen LogP contribution in [0.1, 0.15) is 33.5 Å². The van der Waals surface area contributed by atoms with E-state index in [0.29, 0.717) is 0 Å². The maximum Gasteiger partial charge on any atom is 1.00 e. The fraction of sp³-hybridized carbons (Fsp3) is 0.875. The second-order valence-electron chi connectivity index (χ2n) is 2.95. The summed E-state index contributed by atoms with van der Waals surface area (Å²) in [5.41, 5.74) is 5.11. The maximum absolute atomic E-state index is 10.7. The summed E-state index contributed by atoms with van der Waals surface area (Å²) in [5.74, 6) is -0.267. The molecule has 0 radical (unpaired) electrons. The number of hydrogen-bond acceptors (Lipinski definition) is 3. The largest absolute Gasteiger partial charge is 1.00 e. The first-order chi connectivity index (χ1) is 5.33. The summed E-state index contributed by atoms with van der Waals surface area (Å²) < 4.78 is 5.08. The van der Waals surface area contributed by atoms with Crippen LogP contribution in [-0.4, -0.2) is 18.6 Å². The third-order valence-corrected chi connectivity index (χ3v) is 2.02. The average Bonchev–Trinajstić information content (AvgIpc) is 2.06. The van der Waals surface area contributed by atoms with Gasteiger partial charge in [-0.15, -0.1) is 0 Å². The Bertz CT molecular complexity index is 140. The van der Waals surface area contributed by atoms with Crippen molar-refractivity contribution in [2.45, 2.75) is 38.2 Å². The van der Waals surface area contributed by atoms with E-state index in [2.05, 4.69) is 0 Å². The predicted octanol–water partition coefficient (Wildman–Crippen LogP) is -2.06. The summed E-state index contributed by atoms with van der Waals surface area (Å²) >= 11 is 0. The Kier molecular flexibility index (Phi) is 7.14. The van der Waals surface area contributed by atoms with Crippen molar-refractivity contribution in [2.24, 2.45) is 5.73 Å². The van der Waals surface area contributed by atoms with Gasteiger partial charge in [-0.25, -0.2) is 0 Å². The minimum atomic E-state index is -0.267. The summed E-state index contributed by atoms with van der Waals surface area (Å²) in [7, 11) is 0. The smallest absolute Gasteiger partial charge is 1.00 e. The van der Waals surface area contributed by atoms with Gasteiger partial charge < -0.3 is 11.9 Å². The molecule has 1 aliphatic carbocycles. The molecule has 0 bridgehead atoms. The second-order valence-corrected chi connectivity index (χ2v) is 2.95. The van der Waals surface area contributed by atoms with Crippen molar-refractivity contribution in [3.05, 3.63) is 0 Å². The molecule has 3 nitrogen and oxygen atoms in total. The van der Waals surface area contributed by atoms with Gasteiger partial charge in [0.15, 0.2) is 0 Å². The first kappa shape index (κ1) is 12.4. The molecule has 2 N–H and O–H groups in total. The molecule has 0 aliphatic heterocycles. The average molecular weight is 181 g/mol. The molecule has 0 amide bonds. The summed E-state index contributed by atoms with van der Waals surface area (Å²) in [6, 6.07) is 0. The number of carbonyl (C=O) groups excluding carboxylic acids is 1. The molecule has 12 heavy (non-hydrogen) atoms. The molecule has 0 heterocycles. The number of nitrogens with two attached hydrogens (primary N) is 1. The molecule has 66 valence electrons. The molecule has 0 saturated heterocycles. The Balaban J connectivity index is 0. The first-order valence-corrected chi connectivity index (χ1v) is 4.22. The number of ether oxygens (including phenoxy) is 1. The molecule has 0 unspecified atom stereocenters. The number of esters is 1. The SMILES string of the molecule is NCC(=O)OC1CCCCC1.[H-].[Na+]. The molecule has 0 aromatic carbocycles. The minimum absolute atomic E-state index is 0. The summed E-state index contributed by atoms with van der Waals surface area (Å²) in [6.45, 7) is 0.0104. The molecular weight excluding hydrogens is 165 g/mol. The van der Waals surface area contributed by atoms with Gasteiger partial charge in [-0.3, -0.25) is 4.79 Å². The van der Waals surface area contributed by atoms with Crippen molar-refractivity contribution in [3.63, 3.8) is 0 Å². The molecule has 1 fully saturated rings. The van der Waals surface area contributed by atoms with Crippen molar-refractivity contribution in [1.29, 1.82) is 0 Å². The van der Waals surface area contributed by atoms with Crippen LogP contribution in [0.5, 0.6) is 0 Å². The Morgan fingerprint density at radius 2 is 2.00 bits per heavy atom. The van der Waals surface area contributed by atoms with Gasteiger partial charge in [-0.05, 0) is 25.7 Å². The monoisotopic (exact) mass is 181 g/mol. The molecule has 4 heteroatoms. The van der Waals surface area contributed by atoms with Crippen LogP contribution in [0.2, 0.25) is 0 Å². The quantitative estimate of drug-likeness (QED) is 0.393. The minimum Gasteiger partial charge on any atom is -1.00 e. The second kappa shape index (κ2) is 6.89. The van der Waals surface area contributed by atoms with Crippen LogP contribution in [0.25, 0.3) is 0 Å². The maximum atomic E-state index is 10.7. The van der Waals surface area contributed by atoms with Gasteiger partial charge in [0.1, 0.15) is 6.10 Å². The zero-order valence-electron chi connectivity index (χ0n) is 8.71. The van der Waals surface area contributed by atoms with Gasteiger partial charge in [0, 0.05) is 0 Å². The van der Waals surface area contributed by atoms with Gasteiger partial charge in [0.25, 0.3) is 0 Å². The third kappa shape index (κ3) is 4.45. The van der Waals surface area contributed by atoms with Gasteiger partial charge in [0.2, 0.25) is 0 Å². The van der Waals surface area contributed by atoms with E-state index in [1.54, 1.807) is 0 Å². The molecule has 1 saturated carbocycles. The van der Waals surface area contributed by atoms with E-state index in [1.807, 2.05) is 0 Å². The van der Waals surface area contributed by atoms with E-state index in [-0.39, 0.29) is 49.6 Å². The predicted molar refractivity (Wildman–Crippen MR) is 43.1 cm³/mol. The Labute approximate surface area is 96.8 Å². The van der Waals surface area contributed by atoms with Gasteiger partial charge in [0.05, 0.1) is 6.54 Å². The zero-order chi connectivity index (χ0) is 8.10. The van der Waals surface area contributed by atoms with Crippen molar-refractivity contribution in [3.8, 4) is 0 Å². The number of rotatable bonds is 2. The van der Waals surface area contributed by atoms with Crippen LogP contribution in [0.4, 0.5) is 0 Å². The molecule has 1 aliphatic rings. The molecule has 0 aromatic heterocycles. The number of carbonyl (C=O) groups is 1. The fourth-order valence-corrected chi connectivity index (χ4v) is 1.42. The van der Waals surface area contributed by atoms with Crippen LogP contribution in [-0.2, 0) is 9.53 Å². The van der Waals surface area contributed by atoms with Crippen LogP contribution < -0.4 is 35.3 Å². The Hall–Kier alpha value is 0.430. The molecule has 0 atom stereocenters. The molecule has 1 rings (SSSR count). The van der Waals surface area contributed by atoms with E-state index in [0.717, 1.165) is 12.8 Å². The summed E-state index contributed by atoms with van der Waals surface area (Å²) in [6.07, 6.45) is 5.83. The summed E-state index contributed by atoms with van der Waals surface area (Å²) in [5, 5.41) is 0. The van der Waals surface area contributed by atoms with Crippen molar-refractivity contribution < 1.29 is 40.5 Å². The Morgan fingerprint density at radius 1 is 1.42 bits per heavy atom. The normalized spacial score (nSPS) is 18.1. The van der Waals surface area contributed by atoms with Crippen LogP contribution in [0, 0.1) is 0 Å². The standard InChI is InChI=1S/C8H15NO2.Na.H/c9-6-8(10)11-7-4-2-1-3-5-7;;/h7H,1-6,9H2;;/q;+1;-1. The van der Waals surface area contributed by atoms with Crippen molar-refractivity contribution >= 4 is 5.97 Å². The van der Waals surface area contributed by atoms with Crippen molar-refractivity contribution in [2.75, 3.05) is 6.54 Å². The Morgan fingerprint density at radius 3 is 2.50 bits per heavy atom. The van der Waals surface area contributed by atoms with Crippen LogP contribution >= 0.6 is 0 Å². The fourth-order valence-electron chi connectivity index (χ4n) is 1.42. The third-order valence-electron chi connectivity index (χ3n) is 2.02. The van der Waals surface area contributed by atoms with E-state index >= 15 is 0 Å². The molecular formula is C8H16NNaO2. The summed E-state index contributed by atoms with van der Waals surface area (Å²) in [4.78, 5) is 10.7. The first-order valence-electron chi connectivity index (χ1n) is 4.22. The molecule has 0 aromatic rings. The number of hydrogen-bond donors (Lipinski definition) is 1. The van der Waals surface area contributed by atoms with Crippen LogP contribution in [0.15, 0.2) is 0 Å². The van der Waals surface area contributed by atoms with Gasteiger partial charge in [-0.2, -0.15) is 0 Å². The molecule has 0 spiro atoms. The van der Waals surface area contributed by atoms with E-state index in [1.165, 1.54) is 19.3 Å². The van der Waals surface area contributed by atoms with E-state index < -0.39 is 0 Å². The van der Waals surface area contributed by atoms with E-state index in [9.17, 15) is 4.79 Å². The van der Waals surface area contributed by atoms with Crippen molar-refractivity contribution in [1.82, 2.24) is 0 Å². The topological polar surface area (TPSA) is 52.3 Å². The van der Waals surface area contributed by atoms with E-state index in [4.69, 9.17) is 10.5 Å². The van der Waals surface area contributed by atoms with Gasteiger partial charge >= 0.3 is 35.5 Å². The van der Waals surface area contributed by atoms with Crippen LogP contribution in [0.3, 0.4) is 0 Å².